The van der Waals surface area contributed by atoms with Crippen molar-refractivity contribution < 1.29 is 0 Å². The van der Waals surface area contributed by atoms with Crippen LogP contribution in [0.1, 0.15) is 23.1 Å². The van der Waals surface area contributed by atoms with Crippen LogP contribution < -0.4 is 0 Å². The molecule has 0 spiro atoms. The highest BCUT2D eigenvalue weighted by atomic mass is 14.3. The summed E-state index contributed by atoms with van der Waals surface area (Å²) in [5, 5.41) is 5.60. The Morgan fingerprint density at radius 1 is 0.947 bits per heavy atom. The lowest BCUT2D eigenvalue weighted by atomic mass is 9.75. The van der Waals surface area contributed by atoms with Crippen LogP contribution in [0.2, 0.25) is 0 Å². The zero-order valence-electron chi connectivity index (χ0n) is 10.5. The molecule has 3 aromatic rings. The molecule has 0 heteroatoms. The van der Waals surface area contributed by atoms with Gasteiger partial charge in [-0.05, 0) is 24.6 Å². The maximum atomic E-state index is 2.36. The molecule has 0 heterocycles. The Labute approximate surface area is 112 Å². The molecule has 2 aliphatic rings. The van der Waals surface area contributed by atoms with Crippen molar-refractivity contribution in [2.75, 3.05) is 0 Å². The molecule has 0 bridgehead atoms. The summed E-state index contributed by atoms with van der Waals surface area (Å²) in [6.45, 7) is 0. The minimum atomic E-state index is 1.05. The fraction of sp³-hybridized carbons (Fsp3) is 0.0526. The molecule has 0 unspecified atom stereocenters. The molecule has 0 saturated carbocycles. The topological polar surface area (TPSA) is 0 Å². The Kier molecular flexibility index (Phi) is 1.59. The summed E-state index contributed by atoms with van der Waals surface area (Å²) in [6, 6.07) is 15.6. The first-order valence-electron chi connectivity index (χ1n) is 6.78. The lowest BCUT2D eigenvalue weighted by molar-refractivity contribution is 1.04. The van der Waals surface area contributed by atoms with Crippen LogP contribution in [0.5, 0.6) is 0 Å². The van der Waals surface area contributed by atoms with E-state index in [9.17, 15) is 0 Å². The Balaban J connectivity index is 2.14. The second-order valence-electron chi connectivity index (χ2n) is 5.41. The van der Waals surface area contributed by atoms with Crippen LogP contribution in [0.4, 0.5) is 0 Å². The first-order valence-corrected chi connectivity index (χ1v) is 6.78. The van der Waals surface area contributed by atoms with Crippen LogP contribution in [-0.2, 0) is 0 Å². The molecule has 0 radical (unpaired) electrons. The molecular formula is C19H12. The predicted molar refractivity (Wildman–Crippen MR) is 80.9 cm³/mol. The summed E-state index contributed by atoms with van der Waals surface area (Å²) in [5.41, 5.74) is 4.22. The average molecular weight is 240 g/mol. The highest BCUT2D eigenvalue weighted by Gasteiger charge is 2.26. The van der Waals surface area contributed by atoms with E-state index in [-0.39, 0.29) is 0 Å². The summed E-state index contributed by atoms with van der Waals surface area (Å²) in [6.07, 6.45) is 7.96. The van der Waals surface area contributed by atoms with Crippen molar-refractivity contribution >= 4 is 27.6 Å². The lowest BCUT2D eigenvalue weighted by Gasteiger charge is -2.30. The van der Waals surface area contributed by atoms with Gasteiger partial charge in [0.05, 0.1) is 10.9 Å². The quantitative estimate of drug-likeness (QED) is 0.387. The van der Waals surface area contributed by atoms with E-state index < -0.39 is 0 Å². The van der Waals surface area contributed by atoms with E-state index in [2.05, 4.69) is 61.0 Å². The molecule has 19 heavy (non-hydrogen) atoms. The van der Waals surface area contributed by atoms with E-state index in [1.54, 1.807) is 0 Å². The van der Waals surface area contributed by atoms with Gasteiger partial charge in [0.25, 0.3) is 0 Å². The van der Waals surface area contributed by atoms with E-state index in [1.807, 2.05) is 0 Å². The standard InChI is InChI=1S/C19H12/c1-3-12-7-9-14-10-8-13-4-2-6-16-11-15(5-1)17(12)19(14)18(13)16/h1-9,11H,10H2. The van der Waals surface area contributed by atoms with Gasteiger partial charge in [-0.25, -0.2) is 0 Å². The highest BCUT2D eigenvalue weighted by Crippen LogP contribution is 2.45. The fourth-order valence-electron chi connectivity index (χ4n) is 3.58. The second-order valence-corrected chi connectivity index (χ2v) is 5.41. The first kappa shape index (κ1) is 9.57. The minimum Gasteiger partial charge on any atom is -0.181 e. The molecule has 0 aliphatic heterocycles. The third kappa shape index (κ3) is 1.09. The van der Waals surface area contributed by atoms with E-state index >= 15 is 0 Å². The average Bonchev–Trinajstić information content (AvgIpc) is 2.47. The van der Waals surface area contributed by atoms with Gasteiger partial charge in [-0.1, -0.05) is 22.9 Å². The highest BCUT2D eigenvalue weighted by molar-refractivity contribution is 6.11. The molecule has 3 aromatic carbocycles. The lowest BCUT2D eigenvalue weighted by Crippen LogP contribution is -2.09. The van der Waals surface area contributed by atoms with Crippen molar-refractivity contribution in [3.63, 3.8) is 0 Å². The van der Waals surface area contributed by atoms with Crippen molar-refractivity contribution in [2.45, 2.75) is 6.42 Å². The van der Waals surface area contributed by atoms with Gasteiger partial charge in [-0.3, -0.25) is 0 Å². The second kappa shape index (κ2) is 3.16. The summed E-state index contributed by atoms with van der Waals surface area (Å²) < 4.78 is 0. The molecule has 0 nitrogen and oxygen atoms in total. The van der Waals surface area contributed by atoms with E-state index in [4.69, 9.17) is 0 Å². The van der Waals surface area contributed by atoms with Gasteiger partial charge in [0.2, 0.25) is 0 Å². The van der Waals surface area contributed by atoms with Gasteiger partial charge < -0.3 is 0 Å². The van der Waals surface area contributed by atoms with Crippen LogP contribution in [-0.4, -0.2) is 0 Å². The number of hydrogen-bond donors (Lipinski definition) is 0. The van der Waals surface area contributed by atoms with E-state index in [0.717, 1.165) is 6.42 Å². The molecular weight excluding hydrogens is 228 g/mol. The SMILES string of the molecule is C1=C[C+]2C[CH-]c3cccc4cc5cccc1c5c2c34. The summed E-state index contributed by atoms with van der Waals surface area (Å²) >= 11 is 0. The number of benzene rings is 3. The maximum Gasteiger partial charge on any atom is 0.0641 e. The smallest absolute Gasteiger partial charge is 0.0641 e. The van der Waals surface area contributed by atoms with Crippen LogP contribution in [0, 0.1) is 12.3 Å². The minimum absolute atomic E-state index is 1.05. The zero-order valence-corrected chi connectivity index (χ0v) is 10.5. The van der Waals surface area contributed by atoms with E-state index in [1.165, 1.54) is 44.2 Å². The molecule has 0 fully saturated rings. The molecule has 0 saturated heterocycles. The van der Waals surface area contributed by atoms with Crippen molar-refractivity contribution in [3.05, 3.63) is 77.6 Å². The molecule has 0 atom stereocenters. The van der Waals surface area contributed by atoms with Crippen molar-refractivity contribution in [1.29, 1.82) is 0 Å². The van der Waals surface area contributed by atoms with Gasteiger partial charge in [-0.2, -0.15) is 18.1 Å². The third-order valence-electron chi connectivity index (χ3n) is 4.40. The molecule has 0 N–H and O–H groups in total. The Morgan fingerprint density at radius 2 is 1.79 bits per heavy atom. The predicted octanol–water partition coefficient (Wildman–Crippen LogP) is 4.90. The number of allylic oxidation sites excluding steroid dienone is 1. The van der Waals surface area contributed by atoms with Gasteiger partial charge in [0, 0.05) is 29.0 Å². The Bertz CT molecular complexity index is 868. The number of hydrogen-bond acceptors (Lipinski definition) is 0. The molecule has 5 rings (SSSR count). The third-order valence-corrected chi connectivity index (χ3v) is 4.40. The molecule has 0 aromatic heterocycles. The van der Waals surface area contributed by atoms with Crippen LogP contribution in [0.25, 0.3) is 27.6 Å². The number of rotatable bonds is 0. The summed E-state index contributed by atoms with van der Waals surface area (Å²) in [7, 11) is 0. The van der Waals surface area contributed by atoms with Crippen LogP contribution in [0.3, 0.4) is 0 Å². The zero-order chi connectivity index (χ0) is 12.4. The molecule has 2 aliphatic carbocycles. The van der Waals surface area contributed by atoms with Gasteiger partial charge >= 0.3 is 0 Å². The summed E-state index contributed by atoms with van der Waals surface area (Å²) in [4.78, 5) is 0. The van der Waals surface area contributed by atoms with Crippen molar-refractivity contribution in [2.24, 2.45) is 0 Å². The van der Waals surface area contributed by atoms with Crippen molar-refractivity contribution in [3.8, 4) is 0 Å². The van der Waals surface area contributed by atoms with Crippen LogP contribution >= 0.6 is 0 Å². The summed E-state index contributed by atoms with van der Waals surface area (Å²) in [5.74, 6) is 1.47. The Morgan fingerprint density at radius 3 is 2.74 bits per heavy atom. The van der Waals surface area contributed by atoms with Gasteiger partial charge in [0.15, 0.2) is 0 Å². The van der Waals surface area contributed by atoms with Gasteiger partial charge in [-0.15, -0.1) is 6.07 Å². The normalized spacial score (nSPS) is 15.3. The fourth-order valence-corrected chi connectivity index (χ4v) is 3.58. The first-order chi connectivity index (χ1) is 9.42. The van der Waals surface area contributed by atoms with Crippen LogP contribution in [0.15, 0.2) is 48.5 Å². The maximum absolute atomic E-state index is 2.36. The molecule has 88 valence electrons. The monoisotopic (exact) mass is 240 g/mol. The Hall–Kier alpha value is -2.34. The van der Waals surface area contributed by atoms with Crippen molar-refractivity contribution in [1.82, 2.24) is 0 Å². The van der Waals surface area contributed by atoms with E-state index in [0.29, 0.717) is 0 Å². The van der Waals surface area contributed by atoms with Gasteiger partial charge in [0.1, 0.15) is 0 Å². The molecule has 0 amide bonds. The largest absolute Gasteiger partial charge is 0.181 e.